The Bertz CT molecular complexity index is 997. The Labute approximate surface area is 201 Å². The monoisotopic (exact) mass is 470 g/mol. The van der Waals surface area contributed by atoms with Crippen LogP contribution in [-0.2, 0) is 11.3 Å². The topological polar surface area (TPSA) is 69.7 Å². The van der Waals surface area contributed by atoms with Crippen LogP contribution in [0.3, 0.4) is 0 Å². The van der Waals surface area contributed by atoms with E-state index in [1.54, 1.807) is 32.4 Å². The van der Waals surface area contributed by atoms with Gasteiger partial charge in [0.2, 0.25) is 6.79 Å². The molecule has 0 unspecified atom stereocenters. The van der Waals surface area contributed by atoms with Gasteiger partial charge in [0.25, 0.3) is 5.91 Å². The third-order valence-corrected chi connectivity index (χ3v) is 6.51. The number of hydrogen-bond acceptors (Lipinski definition) is 7. The van der Waals surface area contributed by atoms with Crippen LogP contribution in [0.15, 0.2) is 36.4 Å². The lowest BCUT2D eigenvalue weighted by Crippen LogP contribution is -2.50. The summed E-state index contributed by atoms with van der Waals surface area (Å²) in [6.07, 6.45) is 0.778. The highest BCUT2D eigenvalue weighted by Crippen LogP contribution is 2.33. The molecule has 0 spiro atoms. The summed E-state index contributed by atoms with van der Waals surface area (Å²) in [5.41, 5.74) is 1.69. The number of hydrogen-bond donors (Lipinski definition) is 0. The Kier molecular flexibility index (Phi) is 7.80. The molecule has 2 atom stereocenters. The second kappa shape index (κ2) is 11.0. The lowest BCUT2D eigenvalue weighted by molar-refractivity contribution is -0.0466. The van der Waals surface area contributed by atoms with E-state index >= 15 is 0 Å². The highest BCUT2D eigenvalue weighted by Gasteiger charge is 2.29. The van der Waals surface area contributed by atoms with E-state index in [-0.39, 0.29) is 24.8 Å². The molecule has 0 aromatic heterocycles. The van der Waals surface area contributed by atoms with Crippen molar-refractivity contribution >= 4 is 5.91 Å². The Morgan fingerprint density at radius 3 is 2.74 bits per heavy atom. The van der Waals surface area contributed by atoms with Gasteiger partial charge in [-0.05, 0) is 37.6 Å². The number of benzene rings is 2. The van der Waals surface area contributed by atoms with Crippen LogP contribution < -0.4 is 18.9 Å². The molecule has 0 N–H and O–H groups in total. The summed E-state index contributed by atoms with van der Waals surface area (Å²) in [5.74, 6) is 2.84. The van der Waals surface area contributed by atoms with Gasteiger partial charge in [-0.2, -0.15) is 0 Å². The van der Waals surface area contributed by atoms with E-state index in [0.717, 1.165) is 43.1 Å². The predicted molar refractivity (Wildman–Crippen MR) is 128 cm³/mol. The number of nitrogens with zero attached hydrogens (tertiary/aromatic N) is 2. The van der Waals surface area contributed by atoms with Crippen molar-refractivity contribution in [2.24, 2.45) is 0 Å². The van der Waals surface area contributed by atoms with Crippen molar-refractivity contribution in [1.82, 2.24) is 9.80 Å². The number of methoxy groups -OCH3 is 2. The maximum absolute atomic E-state index is 13.5. The highest BCUT2D eigenvalue weighted by molar-refractivity contribution is 5.95. The molecule has 2 aliphatic heterocycles. The molecule has 1 saturated heterocycles. The van der Waals surface area contributed by atoms with Crippen molar-refractivity contribution in [3.63, 3.8) is 0 Å². The number of amides is 1. The van der Waals surface area contributed by atoms with E-state index in [1.165, 1.54) is 0 Å². The number of fused-ring (bicyclic) bond motifs is 1. The maximum atomic E-state index is 13.5. The van der Waals surface area contributed by atoms with Crippen molar-refractivity contribution < 1.29 is 28.5 Å². The van der Waals surface area contributed by atoms with Crippen LogP contribution in [0.1, 0.15) is 36.2 Å². The quantitative estimate of drug-likeness (QED) is 0.555. The largest absolute Gasteiger partial charge is 0.497 e. The third-order valence-electron chi connectivity index (χ3n) is 6.51. The Hall–Kier alpha value is -2.97. The molecule has 2 aromatic carbocycles. The van der Waals surface area contributed by atoms with Crippen LogP contribution in [0.5, 0.6) is 23.0 Å². The summed E-state index contributed by atoms with van der Waals surface area (Å²) < 4.78 is 27.8. The van der Waals surface area contributed by atoms with E-state index < -0.39 is 0 Å². The van der Waals surface area contributed by atoms with Crippen molar-refractivity contribution in [2.45, 2.75) is 39.0 Å². The molecular formula is C26H34N2O6. The Morgan fingerprint density at radius 2 is 1.97 bits per heavy atom. The summed E-state index contributed by atoms with van der Waals surface area (Å²) in [5, 5.41) is 0. The van der Waals surface area contributed by atoms with Gasteiger partial charge in [-0.15, -0.1) is 0 Å². The zero-order valence-corrected chi connectivity index (χ0v) is 20.4. The first-order valence-electron chi connectivity index (χ1n) is 11.8. The molecule has 0 saturated carbocycles. The molecule has 0 aliphatic carbocycles. The molecule has 0 bridgehead atoms. The predicted octanol–water partition coefficient (Wildman–Crippen LogP) is 3.57. The van der Waals surface area contributed by atoms with Crippen LogP contribution in [0.25, 0.3) is 0 Å². The SMILES string of the molecule is CC[C@@H](C)N(C[C@@H]1CN(Cc2ccc(OC)cc2OC)CCO1)C(=O)c1ccc2c(c1)OCO2. The average Bonchev–Trinajstić information content (AvgIpc) is 3.35. The van der Waals surface area contributed by atoms with Crippen LogP contribution in [0.4, 0.5) is 0 Å². The lowest BCUT2D eigenvalue weighted by Gasteiger charge is -2.38. The average molecular weight is 471 g/mol. The van der Waals surface area contributed by atoms with E-state index in [9.17, 15) is 4.79 Å². The third kappa shape index (κ3) is 5.39. The smallest absolute Gasteiger partial charge is 0.254 e. The van der Waals surface area contributed by atoms with Gasteiger partial charge >= 0.3 is 0 Å². The Balaban J connectivity index is 1.44. The first-order valence-corrected chi connectivity index (χ1v) is 11.8. The molecule has 4 rings (SSSR count). The number of carbonyl (C=O) groups excluding carboxylic acids is 1. The van der Waals surface area contributed by atoms with Crippen molar-refractivity contribution in [3.8, 4) is 23.0 Å². The van der Waals surface area contributed by atoms with Crippen molar-refractivity contribution in [1.29, 1.82) is 0 Å². The van der Waals surface area contributed by atoms with Gasteiger partial charge in [-0.3, -0.25) is 9.69 Å². The fraction of sp³-hybridized carbons (Fsp3) is 0.500. The van der Waals surface area contributed by atoms with E-state index in [4.69, 9.17) is 23.7 Å². The number of morpholine rings is 1. The maximum Gasteiger partial charge on any atom is 0.254 e. The molecule has 8 nitrogen and oxygen atoms in total. The van der Waals surface area contributed by atoms with Gasteiger partial charge < -0.3 is 28.6 Å². The summed E-state index contributed by atoms with van der Waals surface area (Å²) in [6.45, 7) is 7.80. The van der Waals surface area contributed by atoms with Crippen LogP contribution >= 0.6 is 0 Å². The van der Waals surface area contributed by atoms with Gasteiger partial charge in [-0.25, -0.2) is 0 Å². The summed E-state index contributed by atoms with van der Waals surface area (Å²) in [6, 6.07) is 11.3. The van der Waals surface area contributed by atoms with E-state index in [0.29, 0.717) is 30.2 Å². The normalized spacial score (nSPS) is 18.4. The minimum atomic E-state index is -0.0787. The molecule has 184 valence electrons. The lowest BCUT2D eigenvalue weighted by atomic mass is 10.1. The molecule has 1 amide bonds. The van der Waals surface area contributed by atoms with Gasteiger partial charge in [0.1, 0.15) is 11.5 Å². The standard InChI is InChI=1S/C26H34N2O6/c1-5-18(2)28(26(29)19-7-9-23-25(12-19)34-17-33-23)16-22-15-27(10-11-32-22)14-20-6-8-21(30-3)13-24(20)31-4/h6-9,12-13,18,22H,5,10-11,14-17H2,1-4H3/t18-,22+/m1/s1. The van der Waals surface area contributed by atoms with Gasteiger partial charge in [0.05, 0.1) is 26.9 Å². The summed E-state index contributed by atoms with van der Waals surface area (Å²) in [4.78, 5) is 17.7. The van der Waals surface area contributed by atoms with Crippen LogP contribution in [-0.4, -0.2) is 75.1 Å². The second-order valence-electron chi connectivity index (χ2n) is 8.69. The second-order valence-corrected chi connectivity index (χ2v) is 8.69. The summed E-state index contributed by atoms with van der Waals surface area (Å²) >= 11 is 0. The Morgan fingerprint density at radius 1 is 1.15 bits per heavy atom. The zero-order chi connectivity index (χ0) is 24.1. The molecule has 0 radical (unpaired) electrons. The molecule has 2 aliphatic rings. The van der Waals surface area contributed by atoms with Crippen molar-refractivity contribution in [2.75, 3.05) is 47.3 Å². The molecule has 34 heavy (non-hydrogen) atoms. The molecular weight excluding hydrogens is 436 g/mol. The van der Waals surface area contributed by atoms with Gasteiger partial charge in [0, 0.05) is 49.4 Å². The molecule has 8 heteroatoms. The van der Waals surface area contributed by atoms with Gasteiger partial charge in [-0.1, -0.05) is 13.0 Å². The van der Waals surface area contributed by atoms with Crippen molar-refractivity contribution in [3.05, 3.63) is 47.5 Å². The molecule has 2 heterocycles. The number of ether oxygens (including phenoxy) is 5. The molecule has 2 aromatic rings. The van der Waals surface area contributed by atoms with Crippen LogP contribution in [0, 0.1) is 0 Å². The minimum Gasteiger partial charge on any atom is -0.497 e. The first kappa shape index (κ1) is 24.2. The van der Waals surface area contributed by atoms with Gasteiger partial charge in [0.15, 0.2) is 11.5 Å². The van der Waals surface area contributed by atoms with E-state index in [2.05, 4.69) is 18.7 Å². The highest BCUT2D eigenvalue weighted by atomic mass is 16.7. The summed E-state index contributed by atoms with van der Waals surface area (Å²) in [7, 11) is 3.32. The fourth-order valence-electron chi connectivity index (χ4n) is 4.36. The molecule has 1 fully saturated rings. The first-order chi connectivity index (χ1) is 16.5. The fourth-order valence-corrected chi connectivity index (χ4v) is 4.36. The van der Waals surface area contributed by atoms with Crippen LogP contribution in [0.2, 0.25) is 0 Å². The van der Waals surface area contributed by atoms with E-state index in [1.807, 2.05) is 23.1 Å². The minimum absolute atomic E-state index is 0.0230. The number of carbonyl (C=O) groups is 1. The zero-order valence-electron chi connectivity index (χ0n) is 20.4. The number of rotatable bonds is 9.